The zero-order chi connectivity index (χ0) is 15.0. The lowest BCUT2D eigenvalue weighted by Crippen LogP contribution is -2.28. The number of hydrogen-bond acceptors (Lipinski definition) is 3. The Bertz CT molecular complexity index is 722. The average molecular weight is 305 g/mol. The number of halogens is 1. The Balaban J connectivity index is 2.00. The Labute approximate surface area is 128 Å². The Morgan fingerprint density at radius 1 is 1.48 bits per heavy atom. The number of aromatic amines is 1. The van der Waals surface area contributed by atoms with Crippen molar-refractivity contribution in [3.05, 3.63) is 29.0 Å². The number of aromatic nitrogens is 2. The summed E-state index contributed by atoms with van der Waals surface area (Å²) < 4.78 is 0. The first-order valence-corrected chi connectivity index (χ1v) is 7.46. The molecule has 0 bridgehead atoms. The molecule has 3 rings (SSSR count). The number of nitrogens with one attached hydrogen (secondary N) is 1. The molecule has 0 aliphatic carbocycles. The maximum atomic E-state index is 12.4. The molecular formula is C15H17ClN4O. The number of aliphatic imine (C=N–C) groups is 1. The SMILES string of the molecule is CCCCC1=NC(c2c[nH]c3ncc(Cl)cc23)C(=O)N1C. The Hall–Kier alpha value is -1.88. The van der Waals surface area contributed by atoms with E-state index in [2.05, 4.69) is 21.9 Å². The monoisotopic (exact) mass is 304 g/mol. The van der Waals surface area contributed by atoms with Crippen molar-refractivity contribution in [2.24, 2.45) is 4.99 Å². The predicted molar refractivity (Wildman–Crippen MR) is 83.6 cm³/mol. The van der Waals surface area contributed by atoms with E-state index in [0.29, 0.717) is 5.02 Å². The first kappa shape index (κ1) is 14.1. The third-order valence-electron chi connectivity index (χ3n) is 3.81. The van der Waals surface area contributed by atoms with E-state index in [1.54, 1.807) is 24.3 Å². The van der Waals surface area contributed by atoms with E-state index in [4.69, 9.17) is 11.6 Å². The first-order chi connectivity index (χ1) is 10.1. The maximum Gasteiger partial charge on any atom is 0.257 e. The van der Waals surface area contributed by atoms with E-state index in [1.165, 1.54) is 0 Å². The second-order valence-electron chi connectivity index (χ2n) is 5.24. The van der Waals surface area contributed by atoms with Gasteiger partial charge in [-0.15, -0.1) is 0 Å². The van der Waals surface area contributed by atoms with E-state index in [9.17, 15) is 4.79 Å². The van der Waals surface area contributed by atoms with Gasteiger partial charge >= 0.3 is 0 Å². The minimum absolute atomic E-state index is 0.00183. The number of fused-ring (bicyclic) bond motifs is 1. The minimum atomic E-state index is -0.490. The van der Waals surface area contributed by atoms with Gasteiger partial charge < -0.3 is 9.88 Å². The number of carbonyl (C=O) groups is 1. The molecule has 0 saturated heterocycles. The number of likely N-dealkylation sites (N-methyl/N-ethyl adjacent to an activating group) is 1. The lowest BCUT2D eigenvalue weighted by Gasteiger charge is -2.12. The van der Waals surface area contributed by atoms with Crippen LogP contribution in [0.15, 0.2) is 23.5 Å². The molecule has 3 heterocycles. The van der Waals surface area contributed by atoms with Crippen LogP contribution in [-0.2, 0) is 4.79 Å². The number of nitrogens with zero attached hydrogens (tertiary/aromatic N) is 3. The van der Waals surface area contributed by atoms with Crippen LogP contribution in [-0.4, -0.2) is 33.7 Å². The van der Waals surface area contributed by atoms with Crippen LogP contribution in [0.5, 0.6) is 0 Å². The number of amides is 1. The van der Waals surface area contributed by atoms with Gasteiger partial charge in [-0.1, -0.05) is 24.9 Å². The number of hydrogen-bond donors (Lipinski definition) is 1. The molecule has 5 nitrogen and oxygen atoms in total. The maximum absolute atomic E-state index is 12.4. The van der Waals surface area contributed by atoms with Crippen molar-refractivity contribution in [1.29, 1.82) is 0 Å². The van der Waals surface area contributed by atoms with E-state index < -0.39 is 6.04 Å². The van der Waals surface area contributed by atoms with Gasteiger partial charge in [0.2, 0.25) is 0 Å². The molecule has 21 heavy (non-hydrogen) atoms. The third-order valence-corrected chi connectivity index (χ3v) is 4.01. The highest BCUT2D eigenvalue weighted by atomic mass is 35.5. The fraction of sp³-hybridized carbons (Fsp3) is 0.400. The summed E-state index contributed by atoms with van der Waals surface area (Å²) in [5.74, 6) is 0.859. The van der Waals surface area contributed by atoms with Crippen molar-refractivity contribution in [2.45, 2.75) is 32.2 Å². The van der Waals surface area contributed by atoms with Crippen molar-refractivity contribution in [3.63, 3.8) is 0 Å². The number of rotatable bonds is 4. The lowest BCUT2D eigenvalue weighted by atomic mass is 10.1. The van der Waals surface area contributed by atoms with E-state index in [0.717, 1.165) is 41.7 Å². The van der Waals surface area contributed by atoms with Crippen molar-refractivity contribution in [2.75, 3.05) is 7.05 Å². The lowest BCUT2D eigenvalue weighted by molar-refractivity contribution is -0.126. The van der Waals surface area contributed by atoms with Gasteiger partial charge in [0.15, 0.2) is 6.04 Å². The molecular weight excluding hydrogens is 288 g/mol. The quantitative estimate of drug-likeness (QED) is 0.942. The zero-order valence-corrected chi connectivity index (χ0v) is 12.8. The van der Waals surface area contributed by atoms with Gasteiger partial charge in [-0.25, -0.2) is 4.98 Å². The minimum Gasteiger partial charge on any atom is -0.346 e. The first-order valence-electron chi connectivity index (χ1n) is 7.08. The van der Waals surface area contributed by atoms with E-state index in [-0.39, 0.29) is 5.91 Å². The molecule has 0 radical (unpaired) electrons. The molecule has 110 valence electrons. The fourth-order valence-corrected chi connectivity index (χ4v) is 2.75. The molecule has 2 aromatic heterocycles. The summed E-state index contributed by atoms with van der Waals surface area (Å²) in [5, 5.41) is 1.41. The third kappa shape index (κ3) is 2.42. The molecule has 2 aromatic rings. The molecule has 1 N–H and O–H groups in total. The predicted octanol–water partition coefficient (Wildman–Crippen LogP) is 3.32. The topological polar surface area (TPSA) is 61.4 Å². The molecule has 1 aliphatic rings. The average Bonchev–Trinajstić information content (AvgIpc) is 3.00. The highest BCUT2D eigenvalue weighted by Gasteiger charge is 2.34. The standard InChI is InChI=1S/C15H17ClN4O/c1-3-4-5-12-19-13(15(21)20(12)2)11-8-18-14-10(11)6-9(16)7-17-14/h6-8,13H,3-5H2,1-2H3,(H,17,18). The van der Waals surface area contributed by atoms with Crippen LogP contribution in [0.1, 0.15) is 37.8 Å². The van der Waals surface area contributed by atoms with Gasteiger partial charge in [-0.3, -0.25) is 9.79 Å². The number of unbranched alkanes of at least 4 members (excludes halogenated alkanes) is 1. The largest absolute Gasteiger partial charge is 0.346 e. The van der Waals surface area contributed by atoms with Crippen LogP contribution in [0.3, 0.4) is 0 Å². The molecule has 6 heteroatoms. The Morgan fingerprint density at radius 2 is 2.29 bits per heavy atom. The normalized spacial score (nSPS) is 18.6. The van der Waals surface area contributed by atoms with Crippen molar-refractivity contribution in [3.8, 4) is 0 Å². The van der Waals surface area contributed by atoms with Crippen molar-refractivity contribution in [1.82, 2.24) is 14.9 Å². The van der Waals surface area contributed by atoms with Gasteiger partial charge in [0.05, 0.1) is 5.02 Å². The summed E-state index contributed by atoms with van der Waals surface area (Å²) in [7, 11) is 1.79. The summed E-state index contributed by atoms with van der Waals surface area (Å²) in [6.07, 6.45) is 6.33. The van der Waals surface area contributed by atoms with Gasteiger partial charge in [0.1, 0.15) is 11.5 Å². The van der Waals surface area contributed by atoms with Crippen LogP contribution in [0.2, 0.25) is 5.02 Å². The number of amidine groups is 1. The second-order valence-corrected chi connectivity index (χ2v) is 5.68. The summed E-state index contributed by atoms with van der Waals surface area (Å²) in [6.45, 7) is 2.13. The smallest absolute Gasteiger partial charge is 0.257 e. The van der Waals surface area contributed by atoms with Gasteiger partial charge in [0, 0.05) is 36.8 Å². The number of H-pyrrole nitrogens is 1. The summed E-state index contributed by atoms with van der Waals surface area (Å²) in [5.41, 5.74) is 1.56. The number of pyridine rings is 1. The highest BCUT2D eigenvalue weighted by molar-refractivity contribution is 6.31. The van der Waals surface area contributed by atoms with Crippen LogP contribution in [0.25, 0.3) is 11.0 Å². The van der Waals surface area contributed by atoms with Gasteiger partial charge in [-0.05, 0) is 12.5 Å². The van der Waals surface area contributed by atoms with Crippen LogP contribution >= 0.6 is 11.6 Å². The van der Waals surface area contributed by atoms with E-state index in [1.807, 2.05) is 6.07 Å². The van der Waals surface area contributed by atoms with Crippen LogP contribution < -0.4 is 0 Å². The summed E-state index contributed by atoms with van der Waals surface area (Å²) in [4.78, 5) is 26.0. The van der Waals surface area contributed by atoms with Gasteiger partial charge in [-0.2, -0.15) is 0 Å². The second kappa shape index (κ2) is 5.48. The molecule has 0 fully saturated rings. The van der Waals surface area contributed by atoms with Crippen molar-refractivity contribution >= 4 is 34.4 Å². The summed E-state index contributed by atoms with van der Waals surface area (Å²) >= 11 is 6.01. The van der Waals surface area contributed by atoms with Gasteiger partial charge in [0.25, 0.3) is 5.91 Å². The molecule has 0 aromatic carbocycles. The molecule has 0 spiro atoms. The fourth-order valence-electron chi connectivity index (χ4n) is 2.60. The Kier molecular flexibility index (Phi) is 3.68. The highest BCUT2D eigenvalue weighted by Crippen LogP contribution is 2.32. The Morgan fingerprint density at radius 3 is 3.05 bits per heavy atom. The van der Waals surface area contributed by atoms with E-state index >= 15 is 0 Å². The van der Waals surface area contributed by atoms with Crippen LogP contribution in [0, 0.1) is 0 Å². The summed E-state index contributed by atoms with van der Waals surface area (Å²) in [6, 6.07) is 1.33. The number of carbonyl (C=O) groups excluding carboxylic acids is 1. The molecule has 1 aliphatic heterocycles. The molecule has 1 amide bonds. The molecule has 0 saturated carbocycles. The van der Waals surface area contributed by atoms with Crippen molar-refractivity contribution < 1.29 is 4.79 Å². The van der Waals surface area contributed by atoms with Crippen LogP contribution in [0.4, 0.5) is 0 Å². The zero-order valence-electron chi connectivity index (χ0n) is 12.1. The molecule has 1 unspecified atom stereocenters. The molecule has 1 atom stereocenters.